The SMILES string of the molecule is Cc1cc(-n2c(C3CC3)nc3cc(N)ccc32)ccc1F. The third kappa shape index (κ3) is 1.98. The molecule has 0 atom stereocenters. The molecule has 0 amide bonds. The molecule has 0 saturated heterocycles. The zero-order valence-corrected chi connectivity index (χ0v) is 11.8. The molecule has 3 aromatic rings. The van der Waals surface area contributed by atoms with Gasteiger partial charge < -0.3 is 5.73 Å². The van der Waals surface area contributed by atoms with Gasteiger partial charge in [-0.1, -0.05) is 0 Å². The van der Waals surface area contributed by atoms with E-state index >= 15 is 0 Å². The second-order valence-electron chi connectivity index (χ2n) is 5.76. The zero-order chi connectivity index (χ0) is 14.6. The van der Waals surface area contributed by atoms with Crippen LogP contribution in [0.15, 0.2) is 36.4 Å². The van der Waals surface area contributed by atoms with Crippen LogP contribution in [0, 0.1) is 12.7 Å². The van der Waals surface area contributed by atoms with E-state index in [0.717, 1.165) is 22.5 Å². The number of aromatic nitrogens is 2. The highest BCUT2D eigenvalue weighted by Gasteiger charge is 2.30. The lowest BCUT2D eigenvalue weighted by Gasteiger charge is -2.10. The summed E-state index contributed by atoms with van der Waals surface area (Å²) in [5.74, 6) is 1.38. The fourth-order valence-electron chi connectivity index (χ4n) is 2.77. The number of benzene rings is 2. The van der Waals surface area contributed by atoms with Crippen molar-refractivity contribution in [3.05, 3.63) is 53.6 Å². The lowest BCUT2D eigenvalue weighted by Crippen LogP contribution is -2.01. The van der Waals surface area contributed by atoms with E-state index in [1.165, 1.54) is 18.9 Å². The lowest BCUT2D eigenvalue weighted by molar-refractivity contribution is 0.618. The van der Waals surface area contributed by atoms with E-state index in [1.54, 1.807) is 6.92 Å². The minimum atomic E-state index is -0.180. The number of halogens is 1. The second-order valence-corrected chi connectivity index (χ2v) is 5.76. The Balaban J connectivity index is 2.01. The van der Waals surface area contributed by atoms with Gasteiger partial charge in [-0.05, 0) is 61.7 Å². The molecule has 0 radical (unpaired) electrons. The summed E-state index contributed by atoms with van der Waals surface area (Å²) in [6, 6.07) is 11.0. The van der Waals surface area contributed by atoms with Gasteiger partial charge in [0.1, 0.15) is 11.6 Å². The van der Waals surface area contributed by atoms with Gasteiger partial charge in [0.2, 0.25) is 0 Å². The van der Waals surface area contributed by atoms with Crippen LogP contribution in [0.5, 0.6) is 0 Å². The molecular formula is C17H16FN3. The number of imidazole rings is 1. The smallest absolute Gasteiger partial charge is 0.126 e. The standard InChI is InChI=1S/C17H16FN3/c1-10-8-13(5-6-14(10)18)21-16-7-4-12(19)9-15(16)20-17(21)11-2-3-11/h4-9,11H,2-3,19H2,1H3. The van der Waals surface area contributed by atoms with Crippen molar-refractivity contribution in [3.8, 4) is 5.69 Å². The van der Waals surface area contributed by atoms with Crippen molar-refractivity contribution in [1.82, 2.24) is 9.55 Å². The van der Waals surface area contributed by atoms with Crippen LogP contribution in [-0.2, 0) is 0 Å². The fraction of sp³-hybridized carbons (Fsp3) is 0.235. The van der Waals surface area contributed by atoms with Crippen LogP contribution in [-0.4, -0.2) is 9.55 Å². The molecule has 1 aliphatic carbocycles. The average molecular weight is 281 g/mol. The quantitative estimate of drug-likeness (QED) is 0.723. The Morgan fingerprint density at radius 1 is 1.19 bits per heavy atom. The summed E-state index contributed by atoms with van der Waals surface area (Å²) >= 11 is 0. The number of nitrogens with two attached hydrogens (primary N) is 1. The number of hydrogen-bond donors (Lipinski definition) is 1. The van der Waals surface area contributed by atoms with E-state index in [4.69, 9.17) is 10.7 Å². The van der Waals surface area contributed by atoms with Crippen molar-refractivity contribution in [2.24, 2.45) is 0 Å². The first-order chi connectivity index (χ1) is 10.1. The number of anilines is 1. The first-order valence-corrected chi connectivity index (χ1v) is 7.18. The van der Waals surface area contributed by atoms with Crippen LogP contribution < -0.4 is 5.73 Å². The Labute approximate surface area is 122 Å². The summed E-state index contributed by atoms with van der Waals surface area (Å²) in [4.78, 5) is 4.75. The Bertz CT molecular complexity index is 847. The largest absolute Gasteiger partial charge is 0.399 e. The second kappa shape index (κ2) is 4.32. The van der Waals surface area contributed by atoms with Crippen molar-refractivity contribution < 1.29 is 4.39 Å². The number of rotatable bonds is 2. The maximum Gasteiger partial charge on any atom is 0.126 e. The van der Waals surface area contributed by atoms with Gasteiger partial charge in [0.25, 0.3) is 0 Å². The molecule has 3 nitrogen and oxygen atoms in total. The third-order valence-electron chi connectivity index (χ3n) is 4.05. The molecule has 1 aliphatic rings. The average Bonchev–Trinajstić information content (AvgIpc) is 3.23. The first-order valence-electron chi connectivity index (χ1n) is 7.18. The van der Waals surface area contributed by atoms with Gasteiger partial charge in [0.15, 0.2) is 0 Å². The molecule has 21 heavy (non-hydrogen) atoms. The van der Waals surface area contributed by atoms with Crippen LogP contribution >= 0.6 is 0 Å². The van der Waals surface area contributed by atoms with Gasteiger partial charge in [0.05, 0.1) is 11.0 Å². The van der Waals surface area contributed by atoms with E-state index in [-0.39, 0.29) is 5.82 Å². The van der Waals surface area contributed by atoms with Crippen molar-refractivity contribution in [1.29, 1.82) is 0 Å². The molecule has 0 aliphatic heterocycles. The van der Waals surface area contributed by atoms with E-state index in [2.05, 4.69) is 4.57 Å². The minimum absolute atomic E-state index is 0.180. The Morgan fingerprint density at radius 3 is 2.71 bits per heavy atom. The van der Waals surface area contributed by atoms with Gasteiger partial charge in [-0.25, -0.2) is 9.37 Å². The molecule has 0 unspecified atom stereocenters. The molecule has 1 fully saturated rings. The summed E-state index contributed by atoms with van der Waals surface area (Å²) < 4.78 is 15.7. The number of aryl methyl sites for hydroxylation is 1. The normalized spacial score (nSPS) is 14.8. The highest BCUT2D eigenvalue weighted by molar-refractivity contribution is 5.81. The summed E-state index contributed by atoms with van der Waals surface area (Å²) in [5, 5.41) is 0. The summed E-state index contributed by atoms with van der Waals surface area (Å²) in [5.41, 5.74) is 10.1. The van der Waals surface area contributed by atoms with Gasteiger partial charge in [0, 0.05) is 17.3 Å². The molecule has 0 bridgehead atoms. The first kappa shape index (κ1) is 12.4. The molecule has 2 aromatic carbocycles. The molecule has 4 heteroatoms. The van der Waals surface area contributed by atoms with Crippen molar-refractivity contribution in [3.63, 3.8) is 0 Å². The maximum absolute atomic E-state index is 13.5. The van der Waals surface area contributed by atoms with Crippen LogP contribution in [0.4, 0.5) is 10.1 Å². The topological polar surface area (TPSA) is 43.8 Å². The zero-order valence-electron chi connectivity index (χ0n) is 11.8. The maximum atomic E-state index is 13.5. The van der Waals surface area contributed by atoms with E-state index in [1.807, 2.05) is 30.3 Å². The Morgan fingerprint density at radius 2 is 2.00 bits per heavy atom. The number of hydrogen-bond acceptors (Lipinski definition) is 2. The minimum Gasteiger partial charge on any atom is -0.399 e. The third-order valence-corrected chi connectivity index (χ3v) is 4.05. The molecule has 106 valence electrons. The molecule has 1 aromatic heterocycles. The monoisotopic (exact) mass is 281 g/mol. The highest BCUT2D eigenvalue weighted by atomic mass is 19.1. The number of nitrogen functional groups attached to an aromatic ring is 1. The highest BCUT2D eigenvalue weighted by Crippen LogP contribution is 2.42. The van der Waals surface area contributed by atoms with Crippen molar-refractivity contribution in [2.75, 3.05) is 5.73 Å². The molecule has 1 heterocycles. The number of fused-ring (bicyclic) bond motifs is 1. The van der Waals surface area contributed by atoms with E-state index in [9.17, 15) is 4.39 Å². The van der Waals surface area contributed by atoms with Gasteiger partial charge in [-0.3, -0.25) is 4.57 Å². The van der Waals surface area contributed by atoms with Crippen molar-refractivity contribution >= 4 is 16.7 Å². The predicted molar refractivity (Wildman–Crippen MR) is 82.2 cm³/mol. The fourth-order valence-corrected chi connectivity index (χ4v) is 2.77. The predicted octanol–water partition coefficient (Wildman–Crippen LogP) is 3.93. The lowest BCUT2D eigenvalue weighted by atomic mass is 10.2. The van der Waals surface area contributed by atoms with Gasteiger partial charge in [-0.2, -0.15) is 0 Å². The number of nitrogens with zero attached hydrogens (tertiary/aromatic N) is 2. The van der Waals surface area contributed by atoms with Crippen LogP contribution in [0.1, 0.15) is 30.1 Å². The van der Waals surface area contributed by atoms with Gasteiger partial charge >= 0.3 is 0 Å². The summed E-state index contributed by atoms with van der Waals surface area (Å²) in [6.07, 6.45) is 2.33. The van der Waals surface area contributed by atoms with E-state index < -0.39 is 0 Å². The Kier molecular flexibility index (Phi) is 2.55. The molecule has 4 rings (SSSR count). The summed E-state index contributed by atoms with van der Waals surface area (Å²) in [6.45, 7) is 1.78. The molecule has 2 N–H and O–H groups in total. The van der Waals surface area contributed by atoms with Crippen LogP contribution in [0.25, 0.3) is 16.7 Å². The molecule has 1 saturated carbocycles. The molecule has 0 spiro atoms. The Hall–Kier alpha value is -2.36. The van der Waals surface area contributed by atoms with Crippen molar-refractivity contribution in [2.45, 2.75) is 25.7 Å². The van der Waals surface area contributed by atoms with Crippen LogP contribution in [0.3, 0.4) is 0 Å². The molecular weight excluding hydrogens is 265 g/mol. The van der Waals surface area contributed by atoms with Crippen LogP contribution in [0.2, 0.25) is 0 Å². The summed E-state index contributed by atoms with van der Waals surface area (Å²) in [7, 11) is 0. The van der Waals surface area contributed by atoms with Gasteiger partial charge in [-0.15, -0.1) is 0 Å². The van der Waals surface area contributed by atoms with E-state index in [0.29, 0.717) is 17.2 Å².